The van der Waals surface area contributed by atoms with Crippen LogP contribution < -0.4 is 0 Å². The first kappa shape index (κ1) is 17.9. The second-order valence-electron chi connectivity index (χ2n) is 3.59. The monoisotopic (exact) mass is 400 g/mol. The van der Waals surface area contributed by atoms with Crippen LogP contribution in [0.4, 0.5) is 0 Å². The van der Waals surface area contributed by atoms with Gasteiger partial charge in [0.05, 0.1) is 0 Å². The van der Waals surface area contributed by atoms with E-state index in [9.17, 15) is 0 Å². The highest BCUT2D eigenvalue weighted by molar-refractivity contribution is 8.41. The lowest BCUT2D eigenvalue weighted by molar-refractivity contribution is 2.20. The molecule has 0 N–H and O–H groups in total. The number of rotatable bonds is 3. The minimum atomic E-state index is -3.06. The van der Waals surface area contributed by atoms with Crippen LogP contribution in [0.1, 0.15) is 0 Å². The first-order chi connectivity index (χ1) is 6.31. The molecule has 10 heteroatoms. The lowest BCUT2D eigenvalue weighted by atomic mass is 11.8. The Morgan fingerprint density at radius 1 is 0.867 bits per heavy atom. The second kappa shape index (κ2) is 5.91. The van der Waals surface area contributed by atoms with Crippen LogP contribution in [0.25, 0.3) is 0 Å². The predicted molar refractivity (Wildman–Crippen MR) is 89.2 cm³/mol. The van der Waals surface area contributed by atoms with Gasteiger partial charge in [0.2, 0.25) is 0 Å². The van der Waals surface area contributed by atoms with Crippen LogP contribution in [0.15, 0.2) is 0 Å². The topological polar surface area (TPSA) is 0 Å². The van der Waals surface area contributed by atoms with Gasteiger partial charge in [0.1, 0.15) is 0 Å². The molecule has 0 aromatic heterocycles. The molecule has 0 radical (unpaired) electrons. The van der Waals surface area contributed by atoms with Crippen molar-refractivity contribution in [2.24, 2.45) is 0 Å². The third kappa shape index (κ3) is 5.19. The quantitative estimate of drug-likeness (QED) is 0.333. The standard InChI is InChI=1S/C5H12Cl6P2Si2/c1-12(2)13(3,4)5(14(6,7)8)15(9,10)11/h1-4H3. The Balaban J connectivity index is 5.92. The molecule has 0 aliphatic rings. The van der Waals surface area contributed by atoms with Gasteiger partial charge in [-0.1, -0.05) is 14.2 Å². The molecule has 0 spiro atoms. The summed E-state index contributed by atoms with van der Waals surface area (Å²) in [5.41, 5.74) is 0. The summed E-state index contributed by atoms with van der Waals surface area (Å²) < 4.78 is 0.689. The molecule has 0 nitrogen and oxygen atoms in total. The summed E-state index contributed by atoms with van der Waals surface area (Å²) in [5, 5.41) is 0. The molecule has 0 aromatic rings. The maximum Gasteiger partial charge on any atom is 0.369 e. The molecule has 0 aromatic carbocycles. The zero-order chi connectivity index (χ0) is 12.7. The van der Waals surface area contributed by atoms with E-state index in [-0.39, 0.29) is 7.61 Å². The first-order valence-electron chi connectivity index (χ1n) is 3.85. The minimum absolute atomic E-state index is 0.275. The van der Waals surface area contributed by atoms with Crippen molar-refractivity contribution in [1.29, 1.82) is 0 Å². The molecular weight excluding hydrogens is 391 g/mol. The lowest BCUT2D eigenvalue weighted by Gasteiger charge is -2.32. The van der Waals surface area contributed by atoms with Crippen molar-refractivity contribution >= 4 is 97.2 Å². The molecule has 0 rings (SSSR count). The van der Waals surface area contributed by atoms with Crippen LogP contribution in [-0.4, -0.2) is 43.2 Å². The molecule has 0 amide bonds. The molecule has 0 aliphatic heterocycles. The molecule has 0 saturated heterocycles. The molecule has 0 bridgehead atoms. The van der Waals surface area contributed by atoms with E-state index < -0.39 is 18.6 Å². The smallest absolute Gasteiger partial charge is 0.121 e. The van der Waals surface area contributed by atoms with Gasteiger partial charge in [0, 0.05) is 0 Å². The molecule has 0 aliphatic carbocycles. The molecule has 0 atom stereocenters. The SMILES string of the molecule is CP(C)P(C)(C)=C([Si](Cl)(Cl)Cl)[Si](Cl)(Cl)Cl. The zero-order valence-corrected chi connectivity index (χ0v) is 17.0. The Kier molecular flexibility index (Phi) is 7.05. The number of hydrogen-bond acceptors (Lipinski definition) is 0. The van der Waals surface area contributed by atoms with Gasteiger partial charge in [0.25, 0.3) is 0 Å². The second-order valence-corrected chi connectivity index (χ2v) is 31.9. The first-order valence-corrected chi connectivity index (χ1v) is 19.5. The van der Waals surface area contributed by atoms with Crippen LogP contribution in [0.3, 0.4) is 0 Å². The van der Waals surface area contributed by atoms with Gasteiger partial charge in [-0.15, -0.1) is 66.5 Å². The Bertz CT molecular complexity index is 269. The van der Waals surface area contributed by atoms with Crippen LogP contribution in [0.2, 0.25) is 0 Å². The van der Waals surface area contributed by atoms with Crippen molar-refractivity contribution in [1.82, 2.24) is 0 Å². The molecule has 15 heavy (non-hydrogen) atoms. The third-order valence-corrected chi connectivity index (χ3v) is 30.2. The molecule has 0 fully saturated rings. The third-order valence-electron chi connectivity index (χ3n) is 2.08. The summed E-state index contributed by atoms with van der Waals surface area (Å²) >= 11 is 36.4. The molecular formula is C5H12Cl6P2Si2. The highest BCUT2D eigenvalue weighted by Crippen LogP contribution is 2.71. The summed E-state index contributed by atoms with van der Waals surface area (Å²) in [6.45, 7) is 6.91. The van der Waals surface area contributed by atoms with E-state index in [0.717, 1.165) is 0 Å². The summed E-state index contributed by atoms with van der Waals surface area (Å²) in [6.07, 6.45) is 0. The normalized spacial score (nSPS) is 14.6. The van der Waals surface area contributed by atoms with Crippen molar-refractivity contribution in [2.75, 3.05) is 26.7 Å². The summed E-state index contributed by atoms with van der Waals surface area (Å²) in [4.78, 5) is 0. The van der Waals surface area contributed by atoms with Crippen molar-refractivity contribution < 1.29 is 0 Å². The van der Waals surface area contributed by atoms with Gasteiger partial charge in [-0.3, -0.25) is 0 Å². The van der Waals surface area contributed by atoms with Gasteiger partial charge in [0.15, 0.2) is 0 Å². The van der Waals surface area contributed by atoms with Crippen LogP contribution in [0.5, 0.6) is 0 Å². The van der Waals surface area contributed by atoms with Gasteiger partial charge in [-0.2, -0.15) is 0 Å². The van der Waals surface area contributed by atoms with E-state index in [1.54, 1.807) is 0 Å². The van der Waals surface area contributed by atoms with Gasteiger partial charge >= 0.3 is 12.0 Å². The van der Waals surface area contributed by atoms with Crippen molar-refractivity contribution in [3.8, 4) is 0 Å². The minimum Gasteiger partial charge on any atom is -0.121 e. The van der Waals surface area contributed by atoms with Gasteiger partial charge in [-0.25, -0.2) is 0 Å². The van der Waals surface area contributed by atoms with E-state index >= 15 is 0 Å². The fraction of sp³-hybridized carbons (Fsp3) is 0.800. The van der Waals surface area contributed by atoms with Crippen molar-refractivity contribution in [3.63, 3.8) is 0 Å². The highest BCUT2D eigenvalue weighted by atomic mass is 35.8. The Morgan fingerprint density at radius 2 is 1.13 bits per heavy atom. The van der Waals surface area contributed by atoms with Crippen LogP contribution >= 0.6 is 80.7 Å². The molecule has 0 unspecified atom stereocenters. The van der Waals surface area contributed by atoms with E-state index in [2.05, 4.69) is 26.7 Å². The average molecular weight is 403 g/mol. The lowest BCUT2D eigenvalue weighted by Crippen LogP contribution is -2.41. The van der Waals surface area contributed by atoms with Gasteiger partial charge < -0.3 is 0 Å². The van der Waals surface area contributed by atoms with E-state index in [1.165, 1.54) is 0 Å². The zero-order valence-electron chi connectivity index (χ0n) is 8.66. The largest absolute Gasteiger partial charge is 0.369 e. The summed E-state index contributed by atoms with van der Waals surface area (Å²) in [6, 6.07) is -6.11. The van der Waals surface area contributed by atoms with E-state index in [4.69, 9.17) is 66.5 Å². The Morgan fingerprint density at radius 3 is 1.20 bits per heavy atom. The fourth-order valence-corrected chi connectivity index (χ4v) is 41.3. The fourth-order valence-electron chi connectivity index (χ4n) is 0.981. The van der Waals surface area contributed by atoms with Gasteiger partial charge in [-0.05, 0) is 31.2 Å². The molecule has 92 valence electrons. The van der Waals surface area contributed by atoms with Crippen molar-refractivity contribution in [3.05, 3.63) is 0 Å². The highest BCUT2D eigenvalue weighted by Gasteiger charge is 2.49. The van der Waals surface area contributed by atoms with E-state index in [1.807, 2.05) is 0 Å². The number of hydrogen-bond donors (Lipinski definition) is 0. The average Bonchev–Trinajstić information content (AvgIpc) is 1.76. The maximum absolute atomic E-state index is 6.06. The van der Waals surface area contributed by atoms with Crippen molar-refractivity contribution in [2.45, 2.75) is 0 Å². The Hall–Kier alpha value is 2.90. The van der Waals surface area contributed by atoms with Crippen LogP contribution in [-0.2, 0) is 0 Å². The molecule has 0 saturated carbocycles. The molecule has 0 heterocycles. The van der Waals surface area contributed by atoms with E-state index in [0.29, 0.717) is 4.54 Å². The Labute approximate surface area is 123 Å². The summed E-state index contributed by atoms with van der Waals surface area (Å²) in [7, 11) is -0.275. The van der Waals surface area contributed by atoms with Crippen LogP contribution in [0, 0.1) is 0 Å². The number of halogens is 6. The predicted octanol–water partition coefficient (Wildman–Crippen LogP) is 5.48. The maximum atomic E-state index is 6.06. The summed E-state index contributed by atoms with van der Waals surface area (Å²) in [5.74, 6) is 0.